The number of unbranched alkanes of at least 4 members (excludes halogenated alkanes) is 1. The van der Waals surface area contributed by atoms with Crippen LogP contribution in [0.4, 0.5) is 0 Å². The van der Waals surface area contributed by atoms with Crippen LogP contribution in [0.15, 0.2) is 48.6 Å². The highest BCUT2D eigenvalue weighted by molar-refractivity contribution is 5.97. The fraction of sp³-hybridized carbons (Fsp3) is 0.526. The highest BCUT2D eigenvalue weighted by Gasteiger charge is 2.42. The van der Waals surface area contributed by atoms with Gasteiger partial charge in [0.1, 0.15) is 0 Å². The number of carbonyl (C=O) groups is 1. The van der Waals surface area contributed by atoms with Crippen LogP contribution < -0.4 is 0 Å². The molecule has 0 heterocycles. The molecule has 1 heteroatoms. The Hall–Kier alpha value is -1.37. The molecule has 0 bridgehead atoms. The van der Waals surface area contributed by atoms with Crippen LogP contribution in [0.2, 0.25) is 0 Å². The van der Waals surface area contributed by atoms with Crippen LogP contribution in [-0.2, 0) is 4.79 Å². The number of hydrogen-bond acceptors (Lipinski definition) is 1. The SMILES string of the molecule is C=CCCCC1=C(C)C(=O)C[C@@H](C(=C)C)[C@@]1(C)CC=C. The molecule has 0 spiro atoms. The van der Waals surface area contributed by atoms with Crippen LogP contribution in [0.25, 0.3) is 0 Å². The Labute approximate surface area is 124 Å². The van der Waals surface area contributed by atoms with E-state index in [0.717, 1.165) is 36.8 Å². The molecule has 0 radical (unpaired) electrons. The van der Waals surface area contributed by atoms with Crippen molar-refractivity contribution in [2.24, 2.45) is 11.3 Å². The van der Waals surface area contributed by atoms with Gasteiger partial charge >= 0.3 is 0 Å². The van der Waals surface area contributed by atoms with Gasteiger partial charge in [0.2, 0.25) is 0 Å². The van der Waals surface area contributed by atoms with Crippen LogP contribution in [0.5, 0.6) is 0 Å². The molecule has 20 heavy (non-hydrogen) atoms. The lowest BCUT2D eigenvalue weighted by Gasteiger charge is -2.44. The van der Waals surface area contributed by atoms with Crippen LogP contribution in [0.3, 0.4) is 0 Å². The van der Waals surface area contributed by atoms with E-state index in [1.54, 1.807) is 0 Å². The fourth-order valence-corrected chi connectivity index (χ4v) is 3.55. The summed E-state index contributed by atoms with van der Waals surface area (Å²) in [4.78, 5) is 12.3. The second-order valence-electron chi connectivity index (χ2n) is 6.22. The van der Waals surface area contributed by atoms with Crippen molar-refractivity contribution in [3.05, 3.63) is 48.6 Å². The molecule has 2 atom stereocenters. The topological polar surface area (TPSA) is 17.1 Å². The van der Waals surface area contributed by atoms with E-state index in [-0.39, 0.29) is 17.1 Å². The van der Waals surface area contributed by atoms with Gasteiger partial charge in [0.05, 0.1) is 0 Å². The zero-order chi connectivity index (χ0) is 15.3. The van der Waals surface area contributed by atoms with Crippen molar-refractivity contribution in [2.45, 2.75) is 52.9 Å². The van der Waals surface area contributed by atoms with Crippen molar-refractivity contribution in [2.75, 3.05) is 0 Å². The third-order valence-electron chi connectivity index (χ3n) is 4.72. The van der Waals surface area contributed by atoms with Gasteiger partial charge in [-0.3, -0.25) is 4.79 Å². The van der Waals surface area contributed by atoms with Gasteiger partial charge in [-0.2, -0.15) is 0 Å². The predicted molar refractivity (Wildman–Crippen MR) is 87.6 cm³/mol. The van der Waals surface area contributed by atoms with Gasteiger partial charge < -0.3 is 0 Å². The minimum atomic E-state index is -0.00720. The van der Waals surface area contributed by atoms with Crippen molar-refractivity contribution in [3.8, 4) is 0 Å². The molecule has 1 nitrogen and oxygen atoms in total. The van der Waals surface area contributed by atoms with Gasteiger partial charge in [0.25, 0.3) is 0 Å². The smallest absolute Gasteiger partial charge is 0.159 e. The third kappa shape index (κ3) is 3.20. The minimum Gasteiger partial charge on any atom is -0.295 e. The summed E-state index contributed by atoms with van der Waals surface area (Å²) in [6, 6.07) is 0. The first-order valence-corrected chi connectivity index (χ1v) is 7.49. The van der Waals surface area contributed by atoms with E-state index < -0.39 is 0 Å². The number of allylic oxidation sites excluding steroid dienone is 5. The highest BCUT2D eigenvalue weighted by Crippen LogP contribution is 2.50. The predicted octanol–water partition coefficient (Wildman–Crippen LogP) is 5.41. The molecule has 1 rings (SSSR count). The van der Waals surface area contributed by atoms with Gasteiger partial charge in [0, 0.05) is 6.42 Å². The van der Waals surface area contributed by atoms with E-state index in [2.05, 4.69) is 26.7 Å². The summed E-state index contributed by atoms with van der Waals surface area (Å²) >= 11 is 0. The van der Waals surface area contributed by atoms with Gasteiger partial charge in [0.15, 0.2) is 5.78 Å². The molecule has 0 saturated heterocycles. The molecule has 0 aliphatic heterocycles. The van der Waals surface area contributed by atoms with Crippen molar-refractivity contribution < 1.29 is 4.79 Å². The molecule has 0 unspecified atom stereocenters. The Kier molecular flexibility index (Phi) is 5.74. The normalized spacial score (nSPS) is 26.6. The van der Waals surface area contributed by atoms with E-state index in [4.69, 9.17) is 0 Å². The fourth-order valence-electron chi connectivity index (χ4n) is 3.55. The first-order chi connectivity index (χ1) is 9.38. The second kappa shape index (κ2) is 6.88. The summed E-state index contributed by atoms with van der Waals surface area (Å²) in [7, 11) is 0. The number of Topliss-reactive ketones (excluding diaryl/α,β-unsaturated/α-hetero) is 1. The monoisotopic (exact) mass is 272 g/mol. The molecule has 0 amide bonds. The maximum Gasteiger partial charge on any atom is 0.159 e. The summed E-state index contributed by atoms with van der Waals surface area (Å²) < 4.78 is 0. The average Bonchev–Trinajstić information content (AvgIpc) is 2.38. The van der Waals surface area contributed by atoms with Gasteiger partial charge in [-0.15, -0.1) is 13.2 Å². The molecule has 0 aromatic heterocycles. The summed E-state index contributed by atoms with van der Waals surface area (Å²) in [5.74, 6) is 0.517. The Morgan fingerprint density at radius 1 is 1.40 bits per heavy atom. The number of rotatable bonds is 7. The van der Waals surface area contributed by atoms with E-state index in [0.29, 0.717) is 6.42 Å². The average molecular weight is 272 g/mol. The summed E-state index contributed by atoms with van der Waals surface area (Å²) in [5, 5.41) is 0. The molecule has 110 valence electrons. The molecular formula is C19H28O. The minimum absolute atomic E-state index is 0.00720. The molecule has 0 aromatic carbocycles. The molecule has 1 aliphatic carbocycles. The largest absolute Gasteiger partial charge is 0.295 e. The Bertz CT molecular complexity index is 452. The van der Waals surface area contributed by atoms with Crippen molar-refractivity contribution in [1.82, 2.24) is 0 Å². The number of carbonyl (C=O) groups excluding carboxylic acids is 1. The van der Waals surface area contributed by atoms with Crippen molar-refractivity contribution in [1.29, 1.82) is 0 Å². The zero-order valence-corrected chi connectivity index (χ0v) is 13.3. The lowest BCUT2D eigenvalue weighted by molar-refractivity contribution is -0.117. The summed E-state index contributed by atoms with van der Waals surface area (Å²) in [5.41, 5.74) is 3.38. The molecule has 0 aromatic rings. The molecule has 1 aliphatic rings. The highest BCUT2D eigenvalue weighted by atomic mass is 16.1. The van der Waals surface area contributed by atoms with Crippen LogP contribution in [-0.4, -0.2) is 5.78 Å². The zero-order valence-electron chi connectivity index (χ0n) is 13.3. The van der Waals surface area contributed by atoms with Crippen LogP contribution in [0, 0.1) is 11.3 Å². The van der Waals surface area contributed by atoms with Crippen LogP contribution in [0.1, 0.15) is 52.9 Å². The maximum atomic E-state index is 12.3. The number of hydrogen-bond donors (Lipinski definition) is 0. The summed E-state index contributed by atoms with van der Waals surface area (Å²) in [6.45, 7) is 18.1. The first kappa shape index (κ1) is 16.7. The Balaban J connectivity index is 3.23. The van der Waals surface area contributed by atoms with Crippen molar-refractivity contribution in [3.63, 3.8) is 0 Å². The van der Waals surface area contributed by atoms with E-state index in [1.165, 1.54) is 5.57 Å². The van der Waals surface area contributed by atoms with Gasteiger partial charge in [-0.05, 0) is 56.4 Å². The van der Waals surface area contributed by atoms with Gasteiger partial charge in [-0.25, -0.2) is 0 Å². The lowest BCUT2D eigenvalue weighted by atomic mass is 9.59. The lowest BCUT2D eigenvalue weighted by Crippen LogP contribution is -2.37. The molecule has 0 fully saturated rings. The molecule has 0 saturated carbocycles. The number of ketones is 1. The summed E-state index contributed by atoms with van der Waals surface area (Å²) in [6.07, 6.45) is 8.44. The maximum absolute atomic E-state index is 12.3. The Morgan fingerprint density at radius 2 is 2.05 bits per heavy atom. The third-order valence-corrected chi connectivity index (χ3v) is 4.72. The van der Waals surface area contributed by atoms with E-state index in [9.17, 15) is 4.79 Å². The second-order valence-corrected chi connectivity index (χ2v) is 6.22. The van der Waals surface area contributed by atoms with Crippen molar-refractivity contribution >= 4 is 5.78 Å². The molecule has 0 N–H and O–H groups in total. The molecular weight excluding hydrogens is 244 g/mol. The quantitative estimate of drug-likeness (QED) is 0.447. The van der Waals surface area contributed by atoms with E-state index in [1.807, 2.05) is 26.0 Å². The van der Waals surface area contributed by atoms with Gasteiger partial charge in [-0.1, -0.05) is 36.8 Å². The van der Waals surface area contributed by atoms with Crippen LogP contribution >= 0.6 is 0 Å². The van der Waals surface area contributed by atoms with E-state index >= 15 is 0 Å². The first-order valence-electron chi connectivity index (χ1n) is 7.49. The Morgan fingerprint density at radius 3 is 2.55 bits per heavy atom. The standard InChI is InChI=1S/C19H28O/c1-7-9-10-11-16-15(5)18(20)13-17(14(3)4)19(16,6)12-8-2/h7-8,17H,1-3,9-13H2,4-6H3/t17-,19-/m0/s1.